The van der Waals surface area contributed by atoms with Crippen molar-refractivity contribution < 1.29 is 39.9 Å². The van der Waals surface area contributed by atoms with E-state index in [9.17, 15) is 35.1 Å². The van der Waals surface area contributed by atoms with Gasteiger partial charge in [0.05, 0.1) is 19.4 Å². The molecule has 34 heavy (non-hydrogen) atoms. The molecule has 0 aromatic heterocycles. The molecule has 192 valence electrons. The maximum absolute atomic E-state index is 12.4. The SMILES string of the molecule is COC(=O)CC1C[C@H]2[C@@H]3CC[C@H](CC(C(O)O)C(O)O)[C@@]3(C)CC[C@@H]2[C@@]2(C)CC(O)C(=O)C=C12. The number of carbonyl (C=O) groups is 2. The number of hydrogen-bond acceptors (Lipinski definition) is 8. The number of carbonyl (C=O) groups excluding carboxylic acids is 2. The molecule has 3 saturated carbocycles. The molecular weight excluding hydrogens is 440 g/mol. The van der Waals surface area contributed by atoms with E-state index in [2.05, 4.69) is 13.8 Å². The van der Waals surface area contributed by atoms with Crippen LogP contribution in [-0.2, 0) is 14.3 Å². The van der Waals surface area contributed by atoms with Gasteiger partial charge in [0.1, 0.15) is 6.10 Å². The molecule has 3 fully saturated rings. The summed E-state index contributed by atoms with van der Waals surface area (Å²) in [5.41, 5.74) is 0.540. The van der Waals surface area contributed by atoms with Crippen LogP contribution in [0.3, 0.4) is 0 Å². The Hall–Kier alpha value is -1.32. The number of ketones is 1. The van der Waals surface area contributed by atoms with E-state index in [1.54, 1.807) is 6.08 Å². The maximum atomic E-state index is 12.4. The van der Waals surface area contributed by atoms with Crippen molar-refractivity contribution in [3.05, 3.63) is 11.6 Å². The van der Waals surface area contributed by atoms with Gasteiger partial charge >= 0.3 is 5.97 Å². The zero-order valence-electron chi connectivity index (χ0n) is 20.4. The van der Waals surface area contributed by atoms with Gasteiger partial charge in [-0.15, -0.1) is 0 Å². The Labute approximate surface area is 201 Å². The molecular formula is C26H40O8. The van der Waals surface area contributed by atoms with Gasteiger partial charge in [-0.3, -0.25) is 9.59 Å². The zero-order valence-corrected chi connectivity index (χ0v) is 20.4. The van der Waals surface area contributed by atoms with Crippen LogP contribution in [0.5, 0.6) is 0 Å². The fourth-order valence-electron chi connectivity index (χ4n) is 8.55. The van der Waals surface area contributed by atoms with Gasteiger partial charge in [-0.2, -0.15) is 0 Å². The number of fused-ring (bicyclic) bond motifs is 5. The third-order valence-electron chi connectivity index (χ3n) is 10.3. The lowest BCUT2D eigenvalue weighted by Gasteiger charge is -2.60. The Morgan fingerprint density at radius 3 is 2.41 bits per heavy atom. The Bertz CT molecular complexity index is 829. The quantitative estimate of drug-likeness (QED) is 0.284. The van der Waals surface area contributed by atoms with Crippen LogP contribution < -0.4 is 0 Å². The minimum atomic E-state index is -1.79. The van der Waals surface area contributed by atoms with E-state index >= 15 is 0 Å². The number of esters is 1. The van der Waals surface area contributed by atoms with Crippen LogP contribution in [0.2, 0.25) is 0 Å². The molecule has 0 aromatic rings. The van der Waals surface area contributed by atoms with Gasteiger partial charge in [-0.25, -0.2) is 0 Å². The summed E-state index contributed by atoms with van der Waals surface area (Å²) in [5.74, 6) is -0.631. The van der Waals surface area contributed by atoms with Crippen LogP contribution in [0.15, 0.2) is 11.6 Å². The van der Waals surface area contributed by atoms with Crippen molar-refractivity contribution in [3.8, 4) is 0 Å². The second-order valence-electron chi connectivity index (χ2n) is 11.8. The van der Waals surface area contributed by atoms with Crippen molar-refractivity contribution in [3.63, 3.8) is 0 Å². The van der Waals surface area contributed by atoms with Crippen LogP contribution in [0.4, 0.5) is 0 Å². The fraction of sp³-hybridized carbons (Fsp3) is 0.846. The summed E-state index contributed by atoms with van der Waals surface area (Å²) in [6.45, 7) is 4.39. The lowest BCUT2D eigenvalue weighted by atomic mass is 9.44. The van der Waals surface area contributed by atoms with Crippen molar-refractivity contribution in [1.29, 1.82) is 0 Å². The van der Waals surface area contributed by atoms with Gasteiger partial charge in [-0.1, -0.05) is 19.4 Å². The second-order valence-corrected chi connectivity index (χ2v) is 11.8. The predicted molar refractivity (Wildman–Crippen MR) is 122 cm³/mol. The summed E-state index contributed by atoms with van der Waals surface area (Å²) in [5, 5.41) is 49.3. The highest BCUT2D eigenvalue weighted by atomic mass is 16.5. The van der Waals surface area contributed by atoms with E-state index in [1.807, 2.05) is 0 Å². The van der Waals surface area contributed by atoms with Crippen molar-refractivity contribution >= 4 is 11.8 Å². The number of rotatable bonds is 6. The van der Waals surface area contributed by atoms with Crippen LogP contribution in [0.1, 0.15) is 65.2 Å². The number of aliphatic hydroxyl groups is 5. The molecule has 4 aliphatic carbocycles. The van der Waals surface area contributed by atoms with Gasteiger partial charge in [0.15, 0.2) is 18.4 Å². The van der Waals surface area contributed by atoms with Crippen LogP contribution in [0, 0.1) is 46.3 Å². The number of methoxy groups -OCH3 is 1. The van der Waals surface area contributed by atoms with E-state index in [0.29, 0.717) is 24.7 Å². The average Bonchev–Trinajstić information content (AvgIpc) is 3.09. The van der Waals surface area contributed by atoms with E-state index in [1.165, 1.54) is 7.11 Å². The van der Waals surface area contributed by atoms with Gasteiger partial charge in [0.25, 0.3) is 0 Å². The zero-order chi connectivity index (χ0) is 25.0. The van der Waals surface area contributed by atoms with E-state index in [0.717, 1.165) is 37.7 Å². The number of allylic oxidation sites excluding steroid dienone is 1. The molecule has 4 rings (SSSR count). The molecule has 0 amide bonds. The topological polar surface area (TPSA) is 145 Å². The molecule has 5 N–H and O–H groups in total. The van der Waals surface area contributed by atoms with Gasteiger partial charge in [0.2, 0.25) is 0 Å². The predicted octanol–water partition coefficient (Wildman–Crippen LogP) is 1.52. The molecule has 0 heterocycles. The first-order valence-electron chi connectivity index (χ1n) is 12.7. The maximum Gasteiger partial charge on any atom is 0.306 e. The normalized spacial score (nSPS) is 41.9. The van der Waals surface area contributed by atoms with Gasteiger partial charge < -0.3 is 30.3 Å². The van der Waals surface area contributed by atoms with Crippen LogP contribution >= 0.6 is 0 Å². The molecule has 4 aliphatic rings. The highest BCUT2D eigenvalue weighted by Gasteiger charge is 2.61. The van der Waals surface area contributed by atoms with Crippen molar-refractivity contribution in [2.24, 2.45) is 46.3 Å². The summed E-state index contributed by atoms with van der Waals surface area (Å²) in [4.78, 5) is 24.7. The van der Waals surface area contributed by atoms with Gasteiger partial charge in [-0.05, 0) is 91.4 Å². The first kappa shape index (κ1) is 25.8. The highest BCUT2D eigenvalue weighted by Crippen LogP contribution is 2.68. The summed E-state index contributed by atoms with van der Waals surface area (Å²) in [7, 11) is 1.37. The number of hydrogen-bond donors (Lipinski definition) is 5. The standard InChI is InChI=1S/C26H40O8/c1-25-7-6-18-15(17(25)5-4-14(25)10-16(23(30)31)24(32)33)8-13(9-22(29)34-3)19-11-20(27)21(28)12-26(18,19)2/h11,13-18,21,23-24,28,30-33H,4-10,12H2,1-3H3/t13?,14-,15+,17+,18+,21?,25-,26-/m1/s1. The molecule has 2 unspecified atom stereocenters. The van der Waals surface area contributed by atoms with Crippen LogP contribution in [0.25, 0.3) is 0 Å². The summed E-state index contributed by atoms with van der Waals surface area (Å²) >= 11 is 0. The third-order valence-corrected chi connectivity index (χ3v) is 10.3. The summed E-state index contributed by atoms with van der Waals surface area (Å²) in [6, 6.07) is 0. The molecule has 0 saturated heterocycles. The van der Waals surface area contributed by atoms with Gasteiger partial charge in [0, 0.05) is 0 Å². The Balaban J connectivity index is 1.65. The lowest BCUT2D eigenvalue weighted by molar-refractivity contribution is -0.187. The minimum Gasteiger partial charge on any atom is -0.469 e. The Kier molecular flexibility index (Phi) is 7.03. The molecule has 8 nitrogen and oxygen atoms in total. The smallest absolute Gasteiger partial charge is 0.306 e. The summed E-state index contributed by atoms with van der Waals surface area (Å²) < 4.78 is 4.97. The van der Waals surface area contributed by atoms with E-state index in [-0.39, 0.29) is 46.8 Å². The van der Waals surface area contributed by atoms with Crippen LogP contribution in [-0.4, -0.2) is 63.1 Å². The Morgan fingerprint density at radius 1 is 1.12 bits per heavy atom. The van der Waals surface area contributed by atoms with Crippen molar-refractivity contribution in [2.75, 3.05) is 7.11 Å². The van der Waals surface area contributed by atoms with Crippen molar-refractivity contribution in [2.45, 2.75) is 83.9 Å². The molecule has 8 atom stereocenters. The first-order chi connectivity index (χ1) is 15.9. The first-order valence-corrected chi connectivity index (χ1v) is 12.7. The monoisotopic (exact) mass is 480 g/mol. The van der Waals surface area contributed by atoms with Crippen molar-refractivity contribution in [1.82, 2.24) is 0 Å². The molecule has 0 aromatic carbocycles. The Morgan fingerprint density at radius 2 is 1.79 bits per heavy atom. The molecule has 8 heteroatoms. The van der Waals surface area contributed by atoms with E-state index in [4.69, 9.17) is 4.74 Å². The number of aliphatic hydroxyl groups excluding tert-OH is 3. The highest BCUT2D eigenvalue weighted by molar-refractivity contribution is 5.95. The van der Waals surface area contributed by atoms with E-state index < -0.39 is 24.6 Å². The second kappa shape index (κ2) is 9.28. The molecule has 0 aliphatic heterocycles. The number of ether oxygens (including phenoxy) is 1. The molecule has 0 spiro atoms. The third kappa shape index (κ3) is 4.15. The summed E-state index contributed by atoms with van der Waals surface area (Å²) in [6.07, 6.45) is 2.39. The molecule has 0 radical (unpaired) electrons. The largest absolute Gasteiger partial charge is 0.469 e. The fourth-order valence-corrected chi connectivity index (χ4v) is 8.55. The molecule has 0 bridgehead atoms. The minimum absolute atomic E-state index is 0.0836. The average molecular weight is 481 g/mol. The lowest BCUT2D eigenvalue weighted by Crippen LogP contribution is -2.54.